The maximum Gasteiger partial charge on any atom is 0.336 e. The molecule has 0 aliphatic heterocycles. The molecule has 0 aliphatic carbocycles. The summed E-state index contributed by atoms with van der Waals surface area (Å²) >= 11 is 0. The van der Waals surface area contributed by atoms with Gasteiger partial charge >= 0.3 is 11.6 Å². The van der Waals surface area contributed by atoms with Crippen LogP contribution in [0.3, 0.4) is 0 Å². The molecule has 0 radical (unpaired) electrons. The Morgan fingerprint density at radius 2 is 1.93 bits per heavy atom. The highest BCUT2D eigenvalue weighted by atomic mass is 16.5. The number of fused-ring (bicyclic) bond motifs is 1. The van der Waals surface area contributed by atoms with Crippen LogP contribution in [0.15, 0.2) is 33.5 Å². The van der Waals surface area contributed by atoms with Crippen molar-refractivity contribution < 1.29 is 23.5 Å². The average Bonchev–Trinajstić information content (AvgIpc) is 2.60. The fourth-order valence-corrected chi connectivity index (χ4v) is 2.65. The third-order valence-corrected chi connectivity index (χ3v) is 4.49. The number of nitrogens with one attached hydrogen (secondary N) is 1. The molecule has 1 atom stereocenters. The van der Waals surface area contributed by atoms with Crippen molar-refractivity contribution in [3.05, 3.63) is 40.2 Å². The van der Waals surface area contributed by atoms with Crippen molar-refractivity contribution >= 4 is 28.8 Å². The first-order valence-electron chi connectivity index (χ1n) is 9.08. The molecule has 156 valence electrons. The van der Waals surface area contributed by atoms with Crippen molar-refractivity contribution in [3.63, 3.8) is 0 Å². The predicted octanol–water partition coefficient (Wildman–Crippen LogP) is 0.742. The predicted molar refractivity (Wildman–Crippen MR) is 106 cm³/mol. The van der Waals surface area contributed by atoms with Crippen LogP contribution in [0.25, 0.3) is 11.0 Å². The third kappa shape index (κ3) is 5.89. The van der Waals surface area contributed by atoms with Crippen LogP contribution in [0.4, 0.5) is 0 Å². The van der Waals surface area contributed by atoms with Gasteiger partial charge in [-0.15, -0.1) is 0 Å². The summed E-state index contributed by atoms with van der Waals surface area (Å²) in [5, 5.41) is 3.32. The lowest BCUT2D eigenvalue weighted by Crippen LogP contribution is -2.44. The summed E-state index contributed by atoms with van der Waals surface area (Å²) in [5.74, 6) is -1.45. The highest BCUT2D eigenvalue weighted by Gasteiger charge is 2.30. The van der Waals surface area contributed by atoms with Crippen molar-refractivity contribution in [2.45, 2.75) is 39.7 Å². The van der Waals surface area contributed by atoms with Gasteiger partial charge in [0.2, 0.25) is 11.8 Å². The number of aryl methyl sites for hydroxylation is 1. The van der Waals surface area contributed by atoms with Crippen LogP contribution in [0, 0.1) is 12.3 Å². The number of carbonyl (C=O) groups is 3. The van der Waals surface area contributed by atoms with E-state index in [1.165, 1.54) is 12.1 Å². The Balaban J connectivity index is 1.98. The maximum absolute atomic E-state index is 12.5. The van der Waals surface area contributed by atoms with E-state index in [2.05, 4.69) is 5.32 Å². The van der Waals surface area contributed by atoms with E-state index < -0.39 is 34.9 Å². The van der Waals surface area contributed by atoms with Crippen molar-refractivity contribution in [2.24, 2.45) is 16.9 Å². The van der Waals surface area contributed by atoms with E-state index in [4.69, 9.17) is 20.6 Å². The first-order chi connectivity index (χ1) is 13.5. The van der Waals surface area contributed by atoms with Crippen LogP contribution in [0.1, 0.15) is 32.3 Å². The number of rotatable bonds is 8. The van der Waals surface area contributed by atoms with Gasteiger partial charge in [0.25, 0.3) is 0 Å². The van der Waals surface area contributed by atoms with Gasteiger partial charge in [-0.3, -0.25) is 14.4 Å². The molecule has 0 saturated heterocycles. The second-order valence-electron chi connectivity index (χ2n) is 7.50. The van der Waals surface area contributed by atoms with E-state index >= 15 is 0 Å². The Morgan fingerprint density at radius 3 is 2.59 bits per heavy atom. The lowest BCUT2D eigenvalue weighted by molar-refractivity contribution is -0.144. The first kappa shape index (κ1) is 22.1. The van der Waals surface area contributed by atoms with Crippen molar-refractivity contribution in [2.75, 3.05) is 6.54 Å². The molecule has 0 unspecified atom stereocenters. The van der Waals surface area contributed by atoms with Gasteiger partial charge in [0.15, 0.2) is 0 Å². The quantitative estimate of drug-likeness (QED) is 0.333. The van der Waals surface area contributed by atoms with Crippen molar-refractivity contribution in [3.8, 4) is 5.75 Å². The standard InChI is InChI=1S/C20H25N3O6/c1-11-8-17(25)29-15-9-12(4-5-13(11)15)28-19(27)20(2,3)6-7-23-18(26)14(21)10-16(22)24/h4-5,8-9,14H,6-7,10,21H2,1-3H3,(H2,22,24)(H,23,26)/t14-/m1/s1. The Kier molecular flexibility index (Phi) is 6.76. The van der Waals surface area contributed by atoms with Crippen LogP contribution in [-0.4, -0.2) is 30.4 Å². The highest BCUT2D eigenvalue weighted by Crippen LogP contribution is 2.26. The number of carbonyl (C=O) groups excluding carboxylic acids is 3. The summed E-state index contributed by atoms with van der Waals surface area (Å²) in [5.41, 5.74) is 10.3. The molecule has 0 spiro atoms. The van der Waals surface area contributed by atoms with Crippen LogP contribution in [0.2, 0.25) is 0 Å². The third-order valence-electron chi connectivity index (χ3n) is 4.49. The smallest absolute Gasteiger partial charge is 0.336 e. The number of ether oxygens (including phenoxy) is 1. The second kappa shape index (κ2) is 8.87. The summed E-state index contributed by atoms with van der Waals surface area (Å²) in [6, 6.07) is 5.18. The number of hydrogen-bond donors (Lipinski definition) is 3. The van der Waals surface area contributed by atoms with Gasteiger partial charge in [-0.25, -0.2) is 4.79 Å². The summed E-state index contributed by atoms with van der Waals surface area (Å²) < 4.78 is 10.6. The molecular formula is C20H25N3O6. The molecule has 5 N–H and O–H groups in total. The van der Waals surface area contributed by atoms with E-state index in [1.807, 2.05) is 0 Å². The van der Waals surface area contributed by atoms with Crippen molar-refractivity contribution in [1.82, 2.24) is 5.32 Å². The molecule has 9 heteroatoms. The summed E-state index contributed by atoms with van der Waals surface area (Å²) in [6.07, 6.45) is 0.0253. The number of nitrogens with two attached hydrogens (primary N) is 2. The van der Waals surface area contributed by atoms with E-state index in [0.29, 0.717) is 5.58 Å². The molecule has 2 aromatic rings. The molecule has 29 heavy (non-hydrogen) atoms. The Morgan fingerprint density at radius 1 is 1.24 bits per heavy atom. The van der Waals surface area contributed by atoms with Crippen molar-refractivity contribution in [1.29, 1.82) is 0 Å². The number of esters is 1. The molecule has 2 rings (SSSR count). The van der Waals surface area contributed by atoms with Gasteiger partial charge in [-0.05, 0) is 44.9 Å². The number of benzene rings is 1. The largest absolute Gasteiger partial charge is 0.426 e. The topological polar surface area (TPSA) is 155 Å². The Labute approximate surface area is 167 Å². The molecular weight excluding hydrogens is 378 g/mol. The van der Waals surface area contributed by atoms with E-state index in [1.54, 1.807) is 32.9 Å². The summed E-state index contributed by atoms with van der Waals surface area (Å²) in [7, 11) is 0. The van der Waals surface area contributed by atoms with E-state index in [0.717, 1.165) is 10.9 Å². The maximum atomic E-state index is 12.5. The fourth-order valence-electron chi connectivity index (χ4n) is 2.65. The Bertz CT molecular complexity index is 995. The molecule has 9 nitrogen and oxygen atoms in total. The minimum Gasteiger partial charge on any atom is -0.426 e. The monoisotopic (exact) mass is 403 g/mol. The molecule has 1 heterocycles. The average molecular weight is 403 g/mol. The summed E-state index contributed by atoms with van der Waals surface area (Å²) in [4.78, 5) is 46.7. The zero-order chi connectivity index (χ0) is 21.8. The van der Waals surface area contributed by atoms with Crippen LogP contribution >= 0.6 is 0 Å². The molecule has 1 aromatic carbocycles. The zero-order valence-corrected chi connectivity index (χ0v) is 16.6. The van der Waals surface area contributed by atoms with Gasteiger partial charge in [0.1, 0.15) is 11.3 Å². The van der Waals surface area contributed by atoms with Gasteiger partial charge < -0.3 is 25.9 Å². The normalized spacial score (nSPS) is 12.4. The SMILES string of the molecule is Cc1cc(=O)oc2cc(OC(=O)C(C)(C)CCNC(=O)[C@H](N)CC(N)=O)ccc12. The summed E-state index contributed by atoms with van der Waals surface area (Å²) in [6.45, 7) is 5.31. The van der Waals surface area contributed by atoms with Gasteiger partial charge in [-0.2, -0.15) is 0 Å². The van der Waals surface area contributed by atoms with E-state index in [-0.39, 0.29) is 25.1 Å². The minimum atomic E-state index is -1.03. The molecule has 0 aliphatic rings. The molecule has 2 amide bonds. The molecule has 1 aromatic heterocycles. The lowest BCUT2D eigenvalue weighted by atomic mass is 9.89. The number of primary amides is 1. The van der Waals surface area contributed by atoms with Crippen LogP contribution < -0.4 is 27.1 Å². The molecule has 0 fully saturated rings. The van der Waals surface area contributed by atoms with E-state index in [9.17, 15) is 19.2 Å². The van der Waals surface area contributed by atoms with Crippen LogP contribution in [-0.2, 0) is 14.4 Å². The van der Waals surface area contributed by atoms with Gasteiger partial charge in [-0.1, -0.05) is 0 Å². The number of hydrogen-bond acceptors (Lipinski definition) is 7. The van der Waals surface area contributed by atoms with Gasteiger partial charge in [0, 0.05) is 24.1 Å². The molecule has 0 saturated carbocycles. The highest BCUT2D eigenvalue weighted by molar-refractivity contribution is 5.87. The van der Waals surface area contributed by atoms with Gasteiger partial charge in [0.05, 0.1) is 17.9 Å². The second-order valence-corrected chi connectivity index (χ2v) is 7.50. The fraction of sp³-hybridized carbons (Fsp3) is 0.400. The number of amides is 2. The molecule has 0 bridgehead atoms. The Hall–Kier alpha value is -3.20. The van der Waals surface area contributed by atoms with Crippen LogP contribution in [0.5, 0.6) is 5.75 Å². The minimum absolute atomic E-state index is 0.166. The first-order valence-corrected chi connectivity index (χ1v) is 9.08. The lowest BCUT2D eigenvalue weighted by Gasteiger charge is -2.23. The zero-order valence-electron chi connectivity index (χ0n) is 16.6.